The average molecular weight is 351 g/mol. The highest BCUT2D eigenvalue weighted by molar-refractivity contribution is 7.89. The first-order valence-corrected chi connectivity index (χ1v) is 9.01. The van der Waals surface area contributed by atoms with Crippen molar-refractivity contribution in [3.8, 4) is 0 Å². The molecule has 130 valence electrons. The van der Waals surface area contributed by atoms with Crippen LogP contribution in [0.2, 0.25) is 0 Å². The first-order valence-electron chi connectivity index (χ1n) is 7.53. The quantitative estimate of drug-likeness (QED) is 0.827. The standard InChI is InChI=1S/C16H21N3O4S/c1-10(14-8-6-5-7-9-14)17-16(20)12(3)19-24(21,22)15-11(2)18-23-13(15)4/h5-10,12,19H,1-4H3,(H,17,20)/t10-,12+/m1/s1. The third kappa shape index (κ3) is 4.01. The minimum Gasteiger partial charge on any atom is -0.360 e. The molecule has 0 spiro atoms. The fourth-order valence-electron chi connectivity index (χ4n) is 2.37. The number of aryl methyl sites for hydroxylation is 2. The van der Waals surface area contributed by atoms with E-state index in [1.807, 2.05) is 37.3 Å². The van der Waals surface area contributed by atoms with Gasteiger partial charge >= 0.3 is 0 Å². The summed E-state index contributed by atoms with van der Waals surface area (Å²) in [6, 6.07) is 8.26. The summed E-state index contributed by atoms with van der Waals surface area (Å²) in [5.41, 5.74) is 1.19. The number of carbonyl (C=O) groups is 1. The number of hydrogen-bond donors (Lipinski definition) is 2. The molecule has 0 aliphatic carbocycles. The highest BCUT2D eigenvalue weighted by atomic mass is 32.2. The van der Waals surface area contributed by atoms with Gasteiger partial charge in [-0.05, 0) is 33.3 Å². The van der Waals surface area contributed by atoms with E-state index in [1.165, 1.54) is 20.8 Å². The molecular formula is C16H21N3O4S. The molecule has 2 N–H and O–H groups in total. The maximum Gasteiger partial charge on any atom is 0.246 e. The van der Waals surface area contributed by atoms with Gasteiger partial charge < -0.3 is 9.84 Å². The summed E-state index contributed by atoms with van der Waals surface area (Å²) < 4.78 is 32.1. The number of aromatic nitrogens is 1. The summed E-state index contributed by atoms with van der Waals surface area (Å²) >= 11 is 0. The van der Waals surface area contributed by atoms with Crippen molar-refractivity contribution < 1.29 is 17.7 Å². The molecule has 0 saturated carbocycles. The fraction of sp³-hybridized carbons (Fsp3) is 0.375. The lowest BCUT2D eigenvalue weighted by molar-refractivity contribution is -0.123. The summed E-state index contributed by atoms with van der Waals surface area (Å²) in [4.78, 5) is 12.2. The second-order valence-electron chi connectivity index (χ2n) is 5.64. The van der Waals surface area contributed by atoms with Crippen molar-refractivity contribution in [3.05, 3.63) is 47.3 Å². The van der Waals surface area contributed by atoms with Gasteiger partial charge in [0.2, 0.25) is 15.9 Å². The monoisotopic (exact) mass is 351 g/mol. The van der Waals surface area contributed by atoms with Crippen LogP contribution in [0, 0.1) is 13.8 Å². The molecule has 0 aliphatic rings. The summed E-state index contributed by atoms with van der Waals surface area (Å²) in [5, 5.41) is 6.42. The Balaban J connectivity index is 2.06. The molecule has 1 heterocycles. The van der Waals surface area contributed by atoms with Gasteiger partial charge in [0.1, 0.15) is 10.6 Å². The van der Waals surface area contributed by atoms with E-state index in [1.54, 1.807) is 0 Å². The van der Waals surface area contributed by atoms with Crippen LogP contribution >= 0.6 is 0 Å². The van der Waals surface area contributed by atoms with Gasteiger partial charge in [-0.3, -0.25) is 4.79 Å². The minimum absolute atomic E-state index is 0.0294. The lowest BCUT2D eigenvalue weighted by atomic mass is 10.1. The van der Waals surface area contributed by atoms with Gasteiger partial charge in [-0.15, -0.1) is 0 Å². The third-order valence-electron chi connectivity index (χ3n) is 3.62. The topological polar surface area (TPSA) is 101 Å². The van der Waals surface area contributed by atoms with Crippen LogP contribution in [0.4, 0.5) is 0 Å². The van der Waals surface area contributed by atoms with Crippen LogP contribution in [0.15, 0.2) is 39.8 Å². The Hall–Kier alpha value is -2.19. The molecule has 2 atom stereocenters. The lowest BCUT2D eigenvalue weighted by Crippen LogP contribution is -2.45. The van der Waals surface area contributed by atoms with Gasteiger partial charge in [0.15, 0.2) is 5.76 Å². The zero-order chi connectivity index (χ0) is 17.9. The van der Waals surface area contributed by atoms with Crippen LogP contribution in [0.5, 0.6) is 0 Å². The Bertz CT molecular complexity index is 796. The van der Waals surface area contributed by atoms with Crippen LogP contribution in [0.25, 0.3) is 0 Å². The van der Waals surface area contributed by atoms with E-state index in [9.17, 15) is 13.2 Å². The second-order valence-corrected chi connectivity index (χ2v) is 7.29. The van der Waals surface area contributed by atoms with E-state index in [0.29, 0.717) is 0 Å². The van der Waals surface area contributed by atoms with Crippen LogP contribution in [0.1, 0.15) is 36.9 Å². The molecule has 0 fully saturated rings. The van der Waals surface area contributed by atoms with Gasteiger partial charge in [-0.2, -0.15) is 4.72 Å². The van der Waals surface area contributed by atoms with Crippen molar-refractivity contribution in [2.75, 3.05) is 0 Å². The Morgan fingerprint density at radius 2 is 1.79 bits per heavy atom. The van der Waals surface area contributed by atoms with Crippen LogP contribution in [-0.2, 0) is 14.8 Å². The molecule has 2 aromatic rings. The number of nitrogens with one attached hydrogen (secondary N) is 2. The van der Waals surface area contributed by atoms with E-state index >= 15 is 0 Å². The Kier molecular flexibility index (Phi) is 5.40. The number of hydrogen-bond acceptors (Lipinski definition) is 5. The van der Waals surface area contributed by atoms with Gasteiger partial charge in [-0.25, -0.2) is 8.42 Å². The molecule has 24 heavy (non-hydrogen) atoms. The fourth-order valence-corrected chi connectivity index (χ4v) is 3.90. The van der Waals surface area contributed by atoms with Gasteiger partial charge in [-0.1, -0.05) is 35.5 Å². The van der Waals surface area contributed by atoms with Crippen molar-refractivity contribution in [2.24, 2.45) is 0 Å². The maximum atomic E-state index is 12.4. The number of carbonyl (C=O) groups excluding carboxylic acids is 1. The van der Waals surface area contributed by atoms with Crippen molar-refractivity contribution in [2.45, 2.75) is 44.7 Å². The summed E-state index contributed by atoms with van der Waals surface area (Å²) in [6.45, 7) is 6.37. The van der Waals surface area contributed by atoms with E-state index in [2.05, 4.69) is 15.2 Å². The van der Waals surface area contributed by atoms with Gasteiger partial charge in [0.05, 0.1) is 12.1 Å². The van der Waals surface area contributed by atoms with E-state index < -0.39 is 22.0 Å². The Morgan fingerprint density at radius 3 is 2.33 bits per heavy atom. The number of sulfonamides is 1. The van der Waals surface area contributed by atoms with Crippen LogP contribution in [0.3, 0.4) is 0 Å². The maximum absolute atomic E-state index is 12.4. The van der Waals surface area contributed by atoms with Crippen molar-refractivity contribution in [1.82, 2.24) is 15.2 Å². The predicted molar refractivity (Wildman–Crippen MR) is 88.8 cm³/mol. The van der Waals surface area contributed by atoms with E-state index in [4.69, 9.17) is 4.52 Å². The molecule has 1 aromatic carbocycles. The summed E-state index contributed by atoms with van der Waals surface area (Å²) in [7, 11) is -3.89. The minimum atomic E-state index is -3.89. The van der Waals surface area contributed by atoms with Gasteiger partial charge in [0.25, 0.3) is 0 Å². The van der Waals surface area contributed by atoms with E-state index in [0.717, 1.165) is 5.56 Å². The van der Waals surface area contributed by atoms with Gasteiger partial charge in [0, 0.05) is 0 Å². The SMILES string of the molecule is Cc1noc(C)c1S(=O)(=O)N[C@@H](C)C(=O)N[C@H](C)c1ccccc1. The molecule has 0 aliphatic heterocycles. The summed E-state index contributed by atoms with van der Waals surface area (Å²) in [5.74, 6) is -0.230. The van der Waals surface area contributed by atoms with Crippen molar-refractivity contribution in [1.29, 1.82) is 0 Å². The molecule has 0 unspecified atom stereocenters. The molecule has 2 rings (SSSR count). The normalized spacial score (nSPS) is 14.2. The van der Waals surface area contributed by atoms with Crippen LogP contribution in [-0.4, -0.2) is 25.5 Å². The molecule has 8 heteroatoms. The number of amides is 1. The lowest BCUT2D eigenvalue weighted by Gasteiger charge is -2.18. The third-order valence-corrected chi connectivity index (χ3v) is 5.40. The zero-order valence-corrected chi connectivity index (χ0v) is 14.8. The molecular weight excluding hydrogens is 330 g/mol. The molecule has 0 radical (unpaired) electrons. The Labute approximate surface area is 141 Å². The highest BCUT2D eigenvalue weighted by Crippen LogP contribution is 2.19. The first kappa shape index (κ1) is 18.2. The molecule has 0 bridgehead atoms. The average Bonchev–Trinajstić information content (AvgIpc) is 2.87. The largest absolute Gasteiger partial charge is 0.360 e. The molecule has 7 nitrogen and oxygen atoms in total. The number of benzene rings is 1. The zero-order valence-electron chi connectivity index (χ0n) is 14.0. The Morgan fingerprint density at radius 1 is 1.17 bits per heavy atom. The number of rotatable bonds is 6. The highest BCUT2D eigenvalue weighted by Gasteiger charge is 2.28. The molecule has 0 saturated heterocycles. The predicted octanol–water partition coefficient (Wildman–Crippen LogP) is 1.84. The molecule has 1 amide bonds. The molecule has 1 aromatic heterocycles. The summed E-state index contributed by atoms with van der Waals surface area (Å²) in [6.07, 6.45) is 0. The smallest absolute Gasteiger partial charge is 0.246 e. The van der Waals surface area contributed by atoms with E-state index in [-0.39, 0.29) is 22.4 Å². The first-order chi connectivity index (χ1) is 11.2. The van der Waals surface area contributed by atoms with Crippen molar-refractivity contribution >= 4 is 15.9 Å². The number of nitrogens with zero attached hydrogens (tertiary/aromatic N) is 1. The second kappa shape index (κ2) is 7.14. The van der Waals surface area contributed by atoms with Crippen molar-refractivity contribution in [3.63, 3.8) is 0 Å². The van der Waals surface area contributed by atoms with Crippen LogP contribution < -0.4 is 10.0 Å².